The second kappa shape index (κ2) is 6.95. The van der Waals surface area contributed by atoms with E-state index < -0.39 is 0 Å². The molecule has 1 aromatic carbocycles. The van der Waals surface area contributed by atoms with Crippen LogP contribution in [0.4, 0.5) is 5.69 Å². The number of anilines is 1. The van der Waals surface area contributed by atoms with Gasteiger partial charge in [-0.15, -0.1) is 0 Å². The molecule has 0 saturated carbocycles. The Kier molecular flexibility index (Phi) is 5.26. The van der Waals surface area contributed by atoms with Gasteiger partial charge in [0.2, 0.25) is 0 Å². The minimum atomic E-state index is 0.375. The Bertz CT molecular complexity index is 426. The van der Waals surface area contributed by atoms with Crippen LogP contribution in [0.3, 0.4) is 0 Å². The molecule has 0 unspecified atom stereocenters. The first-order chi connectivity index (χ1) is 9.56. The average molecular weight is 277 g/mol. The fourth-order valence-electron chi connectivity index (χ4n) is 2.56. The lowest BCUT2D eigenvalue weighted by atomic mass is 10.0. The van der Waals surface area contributed by atoms with Crippen molar-refractivity contribution in [3.63, 3.8) is 0 Å². The molecular weight excluding hydrogens is 250 g/mol. The largest absolute Gasteiger partial charge is 0.492 e. The third kappa shape index (κ3) is 4.12. The lowest BCUT2D eigenvalue weighted by Crippen LogP contribution is -2.39. The van der Waals surface area contributed by atoms with Crippen LogP contribution in [0.15, 0.2) is 18.2 Å². The van der Waals surface area contributed by atoms with Crippen LogP contribution >= 0.6 is 0 Å². The van der Waals surface area contributed by atoms with Gasteiger partial charge in [-0.2, -0.15) is 0 Å². The SMILES string of the molecule is Cc1cc(OCCN(C)C)ccc1N1CCC(N)CC1. The normalized spacial score (nSPS) is 16.8. The van der Waals surface area contributed by atoms with Crippen molar-refractivity contribution in [3.05, 3.63) is 23.8 Å². The molecule has 1 fully saturated rings. The van der Waals surface area contributed by atoms with Crippen molar-refractivity contribution in [1.82, 2.24) is 4.90 Å². The smallest absolute Gasteiger partial charge is 0.119 e. The van der Waals surface area contributed by atoms with E-state index in [4.69, 9.17) is 10.5 Å². The van der Waals surface area contributed by atoms with Gasteiger partial charge < -0.3 is 20.3 Å². The van der Waals surface area contributed by atoms with E-state index in [9.17, 15) is 0 Å². The summed E-state index contributed by atoms with van der Waals surface area (Å²) in [5.74, 6) is 0.960. The maximum atomic E-state index is 5.97. The van der Waals surface area contributed by atoms with Gasteiger partial charge in [-0.1, -0.05) is 0 Å². The molecule has 4 nitrogen and oxygen atoms in total. The second-order valence-electron chi connectivity index (χ2n) is 5.92. The number of likely N-dealkylation sites (N-methyl/N-ethyl adjacent to an activating group) is 1. The van der Waals surface area contributed by atoms with E-state index in [2.05, 4.69) is 49.0 Å². The van der Waals surface area contributed by atoms with Crippen molar-refractivity contribution in [1.29, 1.82) is 0 Å². The predicted molar refractivity (Wildman–Crippen MR) is 84.7 cm³/mol. The first kappa shape index (κ1) is 15.1. The molecule has 0 aliphatic carbocycles. The highest BCUT2D eigenvalue weighted by atomic mass is 16.5. The molecule has 1 aliphatic heterocycles. The van der Waals surface area contributed by atoms with Gasteiger partial charge in [0.1, 0.15) is 12.4 Å². The summed E-state index contributed by atoms with van der Waals surface area (Å²) in [6.45, 7) is 5.93. The monoisotopic (exact) mass is 277 g/mol. The fraction of sp³-hybridized carbons (Fsp3) is 0.625. The van der Waals surface area contributed by atoms with Gasteiger partial charge in [-0.05, 0) is 57.6 Å². The molecular formula is C16H27N3O. The van der Waals surface area contributed by atoms with Crippen LogP contribution in [0.2, 0.25) is 0 Å². The van der Waals surface area contributed by atoms with Crippen LogP contribution in [0.1, 0.15) is 18.4 Å². The van der Waals surface area contributed by atoms with E-state index in [1.165, 1.54) is 11.3 Å². The van der Waals surface area contributed by atoms with Crippen LogP contribution < -0.4 is 15.4 Å². The van der Waals surface area contributed by atoms with Crippen LogP contribution in [0.25, 0.3) is 0 Å². The summed E-state index contributed by atoms with van der Waals surface area (Å²) in [5.41, 5.74) is 8.56. The zero-order valence-corrected chi connectivity index (χ0v) is 12.9. The van der Waals surface area contributed by atoms with Crippen molar-refractivity contribution in [2.45, 2.75) is 25.8 Å². The minimum Gasteiger partial charge on any atom is -0.492 e. The predicted octanol–water partition coefficient (Wildman–Crippen LogP) is 1.86. The van der Waals surface area contributed by atoms with E-state index in [1.54, 1.807) is 0 Å². The quantitative estimate of drug-likeness (QED) is 0.892. The van der Waals surface area contributed by atoms with E-state index in [-0.39, 0.29) is 0 Å². The third-order valence-electron chi connectivity index (χ3n) is 3.86. The molecule has 0 radical (unpaired) electrons. The molecule has 0 aromatic heterocycles. The molecule has 2 N–H and O–H groups in total. The fourth-order valence-corrected chi connectivity index (χ4v) is 2.56. The van der Waals surface area contributed by atoms with Gasteiger partial charge >= 0.3 is 0 Å². The van der Waals surface area contributed by atoms with Crippen molar-refractivity contribution in [2.75, 3.05) is 45.2 Å². The number of rotatable bonds is 5. The molecule has 0 atom stereocenters. The number of ether oxygens (including phenoxy) is 1. The van der Waals surface area contributed by atoms with Crippen LogP contribution in [0, 0.1) is 6.92 Å². The van der Waals surface area contributed by atoms with Crippen molar-refractivity contribution >= 4 is 5.69 Å². The Balaban J connectivity index is 1.95. The molecule has 1 saturated heterocycles. The molecule has 1 aromatic rings. The van der Waals surface area contributed by atoms with E-state index in [0.29, 0.717) is 6.04 Å². The first-order valence-corrected chi connectivity index (χ1v) is 7.45. The molecule has 1 aliphatic rings. The second-order valence-corrected chi connectivity index (χ2v) is 5.92. The number of aryl methyl sites for hydroxylation is 1. The standard InChI is InChI=1S/C16H27N3O/c1-13-12-15(20-11-10-18(2)3)4-5-16(13)19-8-6-14(17)7-9-19/h4-5,12,14H,6-11,17H2,1-3H3. The van der Waals surface area contributed by atoms with Gasteiger partial charge in [0.05, 0.1) is 0 Å². The summed E-state index contributed by atoms with van der Waals surface area (Å²) >= 11 is 0. The number of hydrogen-bond acceptors (Lipinski definition) is 4. The highest BCUT2D eigenvalue weighted by Crippen LogP contribution is 2.27. The molecule has 20 heavy (non-hydrogen) atoms. The average Bonchev–Trinajstić information content (AvgIpc) is 2.40. The van der Waals surface area contributed by atoms with Crippen LogP contribution in [-0.4, -0.2) is 51.3 Å². The zero-order valence-electron chi connectivity index (χ0n) is 12.9. The molecule has 0 bridgehead atoms. The number of piperidine rings is 1. The summed E-state index contributed by atoms with van der Waals surface area (Å²) in [6, 6.07) is 6.77. The lowest BCUT2D eigenvalue weighted by molar-refractivity contribution is 0.261. The minimum absolute atomic E-state index is 0.375. The number of benzene rings is 1. The maximum absolute atomic E-state index is 5.97. The topological polar surface area (TPSA) is 41.7 Å². The van der Waals surface area contributed by atoms with Crippen LogP contribution in [-0.2, 0) is 0 Å². The summed E-state index contributed by atoms with van der Waals surface area (Å²) in [6.07, 6.45) is 2.17. The Morgan fingerprint density at radius 1 is 1.30 bits per heavy atom. The van der Waals surface area contributed by atoms with E-state index >= 15 is 0 Å². The first-order valence-electron chi connectivity index (χ1n) is 7.45. The Morgan fingerprint density at radius 2 is 2.00 bits per heavy atom. The Labute approximate surface area is 122 Å². The van der Waals surface area contributed by atoms with Gasteiger partial charge in [-0.25, -0.2) is 0 Å². The zero-order chi connectivity index (χ0) is 14.5. The molecule has 0 amide bonds. The third-order valence-corrected chi connectivity index (χ3v) is 3.86. The van der Waals surface area contributed by atoms with Gasteiger partial charge in [0.15, 0.2) is 0 Å². The Hall–Kier alpha value is -1.26. The molecule has 1 heterocycles. The van der Waals surface area contributed by atoms with Gasteiger partial charge in [-0.3, -0.25) is 0 Å². The van der Waals surface area contributed by atoms with Crippen molar-refractivity contribution < 1.29 is 4.74 Å². The van der Waals surface area contributed by atoms with E-state index in [1.807, 2.05) is 0 Å². The molecule has 2 rings (SSSR count). The summed E-state index contributed by atoms with van der Waals surface area (Å²) < 4.78 is 5.78. The van der Waals surface area contributed by atoms with Gasteiger partial charge in [0.25, 0.3) is 0 Å². The molecule has 112 valence electrons. The molecule has 4 heteroatoms. The summed E-state index contributed by atoms with van der Waals surface area (Å²) in [4.78, 5) is 4.56. The number of hydrogen-bond donors (Lipinski definition) is 1. The number of nitrogens with zero attached hydrogens (tertiary/aromatic N) is 2. The van der Waals surface area contributed by atoms with Crippen molar-refractivity contribution in [3.8, 4) is 5.75 Å². The Morgan fingerprint density at radius 3 is 2.60 bits per heavy atom. The highest BCUT2D eigenvalue weighted by Gasteiger charge is 2.17. The number of nitrogens with two attached hydrogens (primary N) is 1. The van der Waals surface area contributed by atoms with Crippen molar-refractivity contribution in [2.24, 2.45) is 5.73 Å². The maximum Gasteiger partial charge on any atom is 0.119 e. The summed E-state index contributed by atoms with van der Waals surface area (Å²) in [5, 5.41) is 0. The summed E-state index contributed by atoms with van der Waals surface area (Å²) in [7, 11) is 4.11. The van der Waals surface area contributed by atoms with E-state index in [0.717, 1.165) is 44.8 Å². The lowest BCUT2D eigenvalue weighted by Gasteiger charge is -2.33. The van der Waals surface area contributed by atoms with Gasteiger partial charge in [0, 0.05) is 31.4 Å². The van der Waals surface area contributed by atoms with Crippen LogP contribution in [0.5, 0.6) is 5.75 Å². The highest BCUT2D eigenvalue weighted by molar-refractivity contribution is 5.56. The molecule has 0 spiro atoms.